The number of rotatable bonds is 6. The molecule has 0 bridgehead atoms. The SMILES string of the molecule is COCCn1nnnc1[C@H](c1ccc(C)cc1)N1CCN(C)CC1. The number of piperazine rings is 1. The second-order valence-corrected chi connectivity index (χ2v) is 6.41. The Labute approximate surface area is 143 Å². The standard InChI is InChI=1S/C17H26N6O/c1-14-4-6-15(7-5-14)16(22-10-8-21(2)9-11-22)17-18-19-20-23(17)12-13-24-3/h4-7,16H,8-13H2,1-3H3/t16-/m0/s1. The van der Waals surface area contributed by atoms with E-state index in [1.54, 1.807) is 7.11 Å². The molecule has 2 heterocycles. The van der Waals surface area contributed by atoms with Crippen LogP contribution in [0.5, 0.6) is 0 Å². The van der Waals surface area contributed by atoms with E-state index in [9.17, 15) is 0 Å². The predicted molar refractivity (Wildman–Crippen MR) is 91.8 cm³/mol. The van der Waals surface area contributed by atoms with Crippen molar-refractivity contribution in [2.75, 3.05) is 46.9 Å². The summed E-state index contributed by atoms with van der Waals surface area (Å²) in [6.07, 6.45) is 0. The summed E-state index contributed by atoms with van der Waals surface area (Å²) in [5, 5.41) is 12.4. The molecular formula is C17H26N6O. The van der Waals surface area contributed by atoms with E-state index in [2.05, 4.69) is 63.6 Å². The van der Waals surface area contributed by atoms with Crippen LogP contribution in [0.15, 0.2) is 24.3 Å². The van der Waals surface area contributed by atoms with E-state index in [4.69, 9.17) is 4.74 Å². The zero-order valence-electron chi connectivity index (χ0n) is 14.7. The Hall–Kier alpha value is -1.83. The first-order valence-corrected chi connectivity index (χ1v) is 8.43. The van der Waals surface area contributed by atoms with Gasteiger partial charge in [0.1, 0.15) is 0 Å². The van der Waals surface area contributed by atoms with Gasteiger partial charge in [-0.15, -0.1) is 5.10 Å². The van der Waals surface area contributed by atoms with E-state index in [0.717, 1.165) is 32.0 Å². The molecule has 1 aliphatic heterocycles. The Kier molecular flexibility index (Phi) is 5.55. The summed E-state index contributed by atoms with van der Waals surface area (Å²) in [4.78, 5) is 4.83. The van der Waals surface area contributed by atoms with Crippen LogP contribution in [0, 0.1) is 6.92 Å². The van der Waals surface area contributed by atoms with Gasteiger partial charge in [0, 0.05) is 33.3 Å². The summed E-state index contributed by atoms with van der Waals surface area (Å²) < 4.78 is 7.06. The quantitative estimate of drug-likeness (QED) is 0.786. The van der Waals surface area contributed by atoms with E-state index >= 15 is 0 Å². The molecule has 3 rings (SSSR count). The number of aryl methyl sites for hydroxylation is 1. The summed E-state index contributed by atoms with van der Waals surface area (Å²) in [5.74, 6) is 0.889. The monoisotopic (exact) mass is 330 g/mol. The fourth-order valence-corrected chi connectivity index (χ4v) is 3.10. The van der Waals surface area contributed by atoms with Gasteiger partial charge in [-0.3, -0.25) is 4.90 Å². The molecule has 0 N–H and O–H groups in total. The van der Waals surface area contributed by atoms with Crippen molar-refractivity contribution in [2.45, 2.75) is 19.5 Å². The molecule has 24 heavy (non-hydrogen) atoms. The fraction of sp³-hybridized carbons (Fsp3) is 0.588. The van der Waals surface area contributed by atoms with Gasteiger partial charge >= 0.3 is 0 Å². The van der Waals surface area contributed by atoms with Crippen LogP contribution in [0.3, 0.4) is 0 Å². The minimum atomic E-state index is 0.0751. The number of ether oxygens (including phenoxy) is 1. The lowest BCUT2D eigenvalue weighted by molar-refractivity contribution is 0.119. The first kappa shape index (κ1) is 17.0. The van der Waals surface area contributed by atoms with Gasteiger partial charge in [0.05, 0.1) is 19.2 Å². The normalized spacial score (nSPS) is 18.0. The molecule has 1 saturated heterocycles. The highest BCUT2D eigenvalue weighted by Gasteiger charge is 2.29. The lowest BCUT2D eigenvalue weighted by Crippen LogP contribution is -2.46. The second-order valence-electron chi connectivity index (χ2n) is 6.41. The predicted octanol–water partition coefficient (Wildman–Crippen LogP) is 0.965. The van der Waals surface area contributed by atoms with E-state index in [1.165, 1.54) is 11.1 Å². The van der Waals surface area contributed by atoms with Crippen LogP contribution in [0.25, 0.3) is 0 Å². The average Bonchev–Trinajstić information content (AvgIpc) is 3.05. The molecule has 0 amide bonds. The fourth-order valence-electron chi connectivity index (χ4n) is 3.10. The van der Waals surface area contributed by atoms with Gasteiger partial charge < -0.3 is 9.64 Å². The number of nitrogens with zero attached hydrogens (tertiary/aromatic N) is 6. The number of benzene rings is 1. The molecule has 0 saturated carbocycles. The molecule has 0 aliphatic carbocycles. The zero-order chi connectivity index (χ0) is 16.9. The molecule has 0 radical (unpaired) electrons. The Morgan fingerprint density at radius 3 is 2.50 bits per heavy atom. The summed E-state index contributed by atoms with van der Waals surface area (Å²) in [5.41, 5.74) is 2.49. The van der Waals surface area contributed by atoms with Crippen molar-refractivity contribution < 1.29 is 4.74 Å². The number of hydrogen-bond donors (Lipinski definition) is 0. The average molecular weight is 330 g/mol. The van der Waals surface area contributed by atoms with Crippen molar-refractivity contribution in [3.8, 4) is 0 Å². The summed E-state index contributed by atoms with van der Waals surface area (Å²) in [7, 11) is 3.86. The van der Waals surface area contributed by atoms with Crippen LogP contribution in [0.2, 0.25) is 0 Å². The Morgan fingerprint density at radius 1 is 1.12 bits per heavy atom. The van der Waals surface area contributed by atoms with Crippen LogP contribution in [0.1, 0.15) is 23.0 Å². The zero-order valence-corrected chi connectivity index (χ0v) is 14.7. The molecular weight excluding hydrogens is 304 g/mol. The second kappa shape index (κ2) is 7.83. The lowest BCUT2D eigenvalue weighted by Gasteiger charge is -2.37. The van der Waals surface area contributed by atoms with Crippen LogP contribution in [-0.2, 0) is 11.3 Å². The van der Waals surface area contributed by atoms with Crippen molar-refractivity contribution in [1.82, 2.24) is 30.0 Å². The molecule has 1 aromatic carbocycles. The van der Waals surface area contributed by atoms with E-state index in [1.807, 2.05) is 4.68 Å². The minimum absolute atomic E-state index is 0.0751. The van der Waals surface area contributed by atoms with E-state index in [0.29, 0.717) is 13.2 Å². The largest absolute Gasteiger partial charge is 0.383 e. The van der Waals surface area contributed by atoms with Gasteiger partial charge in [-0.1, -0.05) is 29.8 Å². The molecule has 1 aliphatic rings. The number of likely N-dealkylation sites (N-methyl/N-ethyl adjacent to an activating group) is 1. The third-order valence-corrected chi connectivity index (χ3v) is 4.61. The highest BCUT2D eigenvalue weighted by atomic mass is 16.5. The lowest BCUT2D eigenvalue weighted by atomic mass is 10.0. The molecule has 1 aromatic heterocycles. The van der Waals surface area contributed by atoms with Gasteiger partial charge in [-0.05, 0) is 30.0 Å². The summed E-state index contributed by atoms with van der Waals surface area (Å²) >= 11 is 0. The van der Waals surface area contributed by atoms with Gasteiger partial charge in [0.25, 0.3) is 0 Å². The third kappa shape index (κ3) is 3.80. The maximum Gasteiger partial charge on any atom is 0.173 e. The molecule has 2 aromatic rings. The molecule has 1 atom stereocenters. The maximum atomic E-state index is 5.19. The molecule has 0 unspecified atom stereocenters. The molecule has 1 fully saturated rings. The summed E-state index contributed by atoms with van der Waals surface area (Å²) in [6, 6.07) is 8.76. The van der Waals surface area contributed by atoms with Gasteiger partial charge in [0.15, 0.2) is 5.82 Å². The Bertz CT molecular complexity index is 633. The molecule has 130 valence electrons. The number of methoxy groups -OCH3 is 1. The van der Waals surface area contributed by atoms with Crippen LogP contribution in [0.4, 0.5) is 0 Å². The first-order chi connectivity index (χ1) is 11.7. The number of aromatic nitrogens is 4. The van der Waals surface area contributed by atoms with E-state index in [-0.39, 0.29) is 6.04 Å². The first-order valence-electron chi connectivity index (χ1n) is 8.43. The van der Waals surface area contributed by atoms with Crippen LogP contribution < -0.4 is 0 Å². The van der Waals surface area contributed by atoms with Crippen molar-refractivity contribution in [3.63, 3.8) is 0 Å². The Balaban J connectivity index is 1.92. The third-order valence-electron chi connectivity index (χ3n) is 4.61. The van der Waals surface area contributed by atoms with Gasteiger partial charge in [-0.25, -0.2) is 4.68 Å². The van der Waals surface area contributed by atoms with Gasteiger partial charge in [0.2, 0.25) is 0 Å². The Morgan fingerprint density at radius 2 is 1.83 bits per heavy atom. The van der Waals surface area contributed by atoms with E-state index < -0.39 is 0 Å². The smallest absolute Gasteiger partial charge is 0.173 e. The van der Waals surface area contributed by atoms with Crippen molar-refractivity contribution in [2.24, 2.45) is 0 Å². The highest BCUT2D eigenvalue weighted by molar-refractivity contribution is 5.28. The topological polar surface area (TPSA) is 59.3 Å². The van der Waals surface area contributed by atoms with Crippen molar-refractivity contribution >= 4 is 0 Å². The van der Waals surface area contributed by atoms with Crippen molar-refractivity contribution in [3.05, 3.63) is 41.2 Å². The van der Waals surface area contributed by atoms with Crippen LogP contribution in [-0.4, -0.2) is 77.0 Å². The highest BCUT2D eigenvalue weighted by Crippen LogP contribution is 2.28. The molecule has 7 heteroatoms. The van der Waals surface area contributed by atoms with Crippen LogP contribution >= 0.6 is 0 Å². The minimum Gasteiger partial charge on any atom is -0.383 e. The number of hydrogen-bond acceptors (Lipinski definition) is 6. The summed E-state index contributed by atoms with van der Waals surface area (Å²) in [6.45, 7) is 7.50. The maximum absolute atomic E-state index is 5.19. The molecule has 0 spiro atoms. The number of tetrazole rings is 1. The van der Waals surface area contributed by atoms with Gasteiger partial charge in [-0.2, -0.15) is 0 Å². The molecule has 7 nitrogen and oxygen atoms in total. The van der Waals surface area contributed by atoms with Crippen molar-refractivity contribution in [1.29, 1.82) is 0 Å².